The minimum Gasteiger partial charge on any atom is -0.510 e. The molecule has 0 aliphatic heterocycles. The minimum absolute atomic E-state index is 0. The SMILES string of the molecule is Cc1c(C)c(C)c(-[n+]2[c-]n(-c3[c-]c(Oc4[c-]c5c(cc4)c4c(-c6ccccc6)cccc4n5-c4cc(C(C)(C)C)ccn4)ccc3)cc2)c(C)c1C.[Pt]. The van der Waals surface area contributed by atoms with Crippen LogP contribution in [0.4, 0.5) is 0 Å². The van der Waals surface area contributed by atoms with Crippen molar-refractivity contribution >= 4 is 21.8 Å². The van der Waals surface area contributed by atoms with Crippen LogP contribution in [0.15, 0.2) is 110 Å². The van der Waals surface area contributed by atoms with Gasteiger partial charge in [-0.3, -0.25) is 4.57 Å². The van der Waals surface area contributed by atoms with Gasteiger partial charge in [-0.2, -0.15) is 18.2 Å². The molecule has 5 nitrogen and oxygen atoms in total. The maximum absolute atomic E-state index is 6.52. The Morgan fingerprint density at radius 2 is 1.42 bits per heavy atom. The number of fused-ring (bicyclic) bond motifs is 3. The van der Waals surface area contributed by atoms with Gasteiger partial charge in [0, 0.05) is 56.7 Å². The van der Waals surface area contributed by atoms with E-state index in [4.69, 9.17) is 9.72 Å². The summed E-state index contributed by atoms with van der Waals surface area (Å²) in [5.41, 5.74) is 14.0. The van der Waals surface area contributed by atoms with Crippen LogP contribution in [-0.2, 0) is 26.5 Å². The van der Waals surface area contributed by atoms with E-state index >= 15 is 0 Å². The maximum atomic E-state index is 6.52. The van der Waals surface area contributed by atoms with Crippen molar-refractivity contribution in [2.45, 2.75) is 60.8 Å². The van der Waals surface area contributed by atoms with Gasteiger partial charge in [-0.15, -0.1) is 29.7 Å². The standard InChI is InChI=1S/C47H42N4O.Pt/c1-30-31(2)33(4)46(34(5)32(30)3)50-25-24-49(29-50)37-16-12-17-38(27-37)52-39-20-21-41-43(28-39)51(44-26-36(22-23-48-44)47(6,7)8)42-19-13-18-40(45(41)42)35-14-10-9-11-15-35;/h9-26H,1-8H3;/q-2;. The van der Waals surface area contributed by atoms with Crippen LogP contribution in [0.2, 0.25) is 0 Å². The van der Waals surface area contributed by atoms with Crippen LogP contribution in [0.25, 0.3) is 50.1 Å². The van der Waals surface area contributed by atoms with Gasteiger partial charge in [0.2, 0.25) is 0 Å². The molecule has 0 fully saturated rings. The van der Waals surface area contributed by atoms with Gasteiger partial charge in [0.15, 0.2) is 0 Å². The Hall–Kier alpha value is -5.25. The molecule has 6 heteroatoms. The summed E-state index contributed by atoms with van der Waals surface area (Å²) in [4.78, 5) is 4.89. The topological polar surface area (TPSA) is 35.9 Å². The van der Waals surface area contributed by atoms with Crippen molar-refractivity contribution in [3.8, 4) is 39.8 Å². The van der Waals surface area contributed by atoms with Gasteiger partial charge < -0.3 is 13.9 Å². The van der Waals surface area contributed by atoms with Gasteiger partial charge >= 0.3 is 0 Å². The summed E-state index contributed by atoms with van der Waals surface area (Å²) >= 11 is 0. The number of rotatable bonds is 6. The zero-order chi connectivity index (χ0) is 36.3. The van der Waals surface area contributed by atoms with E-state index in [2.05, 4.69) is 156 Å². The maximum Gasteiger partial charge on any atom is 0.267 e. The van der Waals surface area contributed by atoms with Crippen molar-refractivity contribution in [2.24, 2.45) is 0 Å². The van der Waals surface area contributed by atoms with E-state index in [0.717, 1.165) is 38.9 Å². The molecule has 0 aliphatic carbocycles. The molecule has 0 radical (unpaired) electrons. The van der Waals surface area contributed by atoms with Crippen molar-refractivity contribution in [1.29, 1.82) is 0 Å². The summed E-state index contributed by atoms with van der Waals surface area (Å²) in [6.07, 6.45) is 9.49. The summed E-state index contributed by atoms with van der Waals surface area (Å²) in [5, 5.41) is 2.24. The summed E-state index contributed by atoms with van der Waals surface area (Å²) in [6.45, 7) is 17.7. The number of nitrogens with zero attached hydrogens (tertiary/aromatic N) is 4. The zero-order valence-electron chi connectivity index (χ0n) is 31.4. The predicted octanol–water partition coefficient (Wildman–Crippen LogP) is 10.9. The molecular formula is C47H42N4OPt-2. The number of aromatic nitrogens is 4. The number of pyridine rings is 1. The summed E-state index contributed by atoms with van der Waals surface area (Å²) in [7, 11) is 0. The number of hydrogen-bond donors (Lipinski definition) is 0. The van der Waals surface area contributed by atoms with Crippen LogP contribution in [0.5, 0.6) is 11.5 Å². The molecule has 3 heterocycles. The first-order valence-electron chi connectivity index (χ1n) is 17.8. The molecule has 0 unspecified atom stereocenters. The van der Waals surface area contributed by atoms with Gasteiger partial charge in [0.05, 0.1) is 5.69 Å². The third kappa shape index (κ3) is 6.42. The molecule has 0 atom stereocenters. The first kappa shape index (κ1) is 36.1. The third-order valence-corrected chi connectivity index (χ3v) is 10.6. The Kier molecular flexibility index (Phi) is 9.51. The van der Waals surface area contributed by atoms with Gasteiger partial charge in [-0.05, 0) is 114 Å². The van der Waals surface area contributed by atoms with Crippen molar-refractivity contribution in [3.05, 3.63) is 161 Å². The minimum atomic E-state index is -0.0312. The normalized spacial score (nSPS) is 11.6. The second kappa shape index (κ2) is 13.9. The fraction of sp³-hybridized carbons (Fsp3) is 0.191. The van der Waals surface area contributed by atoms with Gasteiger partial charge in [0.1, 0.15) is 5.82 Å². The molecule has 0 amide bonds. The van der Waals surface area contributed by atoms with Crippen molar-refractivity contribution in [1.82, 2.24) is 14.1 Å². The monoisotopic (exact) mass is 873 g/mol. The number of ether oxygens (including phenoxy) is 1. The van der Waals surface area contributed by atoms with Gasteiger partial charge in [0.25, 0.3) is 6.33 Å². The molecule has 5 aromatic carbocycles. The first-order valence-corrected chi connectivity index (χ1v) is 17.8. The van der Waals surface area contributed by atoms with E-state index in [1.165, 1.54) is 44.6 Å². The van der Waals surface area contributed by atoms with Crippen LogP contribution < -0.4 is 9.30 Å². The van der Waals surface area contributed by atoms with Crippen molar-refractivity contribution < 1.29 is 30.4 Å². The van der Waals surface area contributed by atoms with Crippen molar-refractivity contribution in [3.63, 3.8) is 0 Å². The Balaban J connectivity index is 0.00000435. The number of imidazole rings is 1. The second-order valence-corrected chi connectivity index (χ2v) is 14.8. The van der Waals surface area contributed by atoms with E-state index < -0.39 is 0 Å². The predicted molar refractivity (Wildman–Crippen MR) is 210 cm³/mol. The summed E-state index contributed by atoms with van der Waals surface area (Å²) in [6, 6.07) is 38.5. The Bertz CT molecular complexity index is 2610. The van der Waals surface area contributed by atoms with Crippen molar-refractivity contribution in [2.75, 3.05) is 0 Å². The molecule has 0 aliphatic rings. The summed E-state index contributed by atoms with van der Waals surface area (Å²) < 4.78 is 12.8. The third-order valence-electron chi connectivity index (χ3n) is 10.6. The largest absolute Gasteiger partial charge is 0.510 e. The number of hydrogen-bond acceptors (Lipinski definition) is 2. The van der Waals surface area contributed by atoms with Gasteiger partial charge in [-0.25, -0.2) is 4.98 Å². The fourth-order valence-corrected chi connectivity index (χ4v) is 7.31. The molecule has 8 rings (SSSR count). The zero-order valence-corrected chi connectivity index (χ0v) is 33.7. The van der Waals surface area contributed by atoms with E-state index in [9.17, 15) is 0 Å². The molecule has 268 valence electrons. The molecule has 8 aromatic rings. The Morgan fingerprint density at radius 3 is 2.15 bits per heavy atom. The molecule has 0 N–H and O–H groups in total. The average molecular weight is 874 g/mol. The van der Waals surface area contributed by atoms with Gasteiger partial charge in [-0.1, -0.05) is 68.8 Å². The Labute approximate surface area is 326 Å². The van der Waals surface area contributed by atoms with E-state index in [1.54, 1.807) is 0 Å². The van der Waals surface area contributed by atoms with E-state index in [-0.39, 0.29) is 26.5 Å². The van der Waals surface area contributed by atoms with Crippen LogP contribution in [0, 0.1) is 53.1 Å². The van der Waals surface area contributed by atoms with Crippen LogP contribution >= 0.6 is 0 Å². The Morgan fingerprint density at radius 1 is 0.717 bits per heavy atom. The smallest absolute Gasteiger partial charge is 0.267 e. The fourth-order valence-electron chi connectivity index (χ4n) is 7.31. The molecule has 0 bridgehead atoms. The van der Waals surface area contributed by atoms with Crippen LogP contribution in [0.1, 0.15) is 54.2 Å². The molecule has 53 heavy (non-hydrogen) atoms. The summed E-state index contributed by atoms with van der Waals surface area (Å²) in [5.74, 6) is 2.04. The molecular weight excluding hydrogens is 832 g/mol. The molecule has 0 saturated carbocycles. The van der Waals surface area contributed by atoms with E-state index in [0.29, 0.717) is 11.5 Å². The van der Waals surface area contributed by atoms with Crippen LogP contribution in [0.3, 0.4) is 0 Å². The van der Waals surface area contributed by atoms with E-state index in [1.807, 2.05) is 41.2 Å². The van der Waals surface area contributed by atoms with Crippen LogP contribution in [-0.4, -0.2) is 14.1 Å². The quantitative estimate of drug-likeness (QED) is 0.123. The molecule has 3 aromatic heterocycles. The first-order chi connectivity index (χ1) is 25.0. The number of benzene rings is 5. The second-order valence-electron chi connectivity index (χ2n) is 14.8. The molecule has 0 spiro atoms. The average Bonchev–Trinajstić information content (AvgIpc) is 3.76. The molecule has 0 saturated heterocycles.